The molecule has 0 heterocycles. The summed E-state index contributed by atoms with van der Waals surface area (Å²) in [7, 11) is 1.63. The lowest BCUT2D eigenvalue weighted by Gasteiger charge is -2.08. The summed E-state index contributed by atoms with van der Waals surface area (Å²) in [5.41, 5.74) is 4.46. The Morgan fingerprint density at radius 1 is 0.917 bits per heavy atom. The largest absolute Gasteiger partial charge is 0.507 e. The summed E-state index contributed by atoms with van der Waals surface area (Å²) in [6, 6.07) is 21.2. The molecule has 0 aliphatic carbocycles. The average Bonchev–Trinajstić information content (AvgIpc) is 2.62. The Balaban J connectivity index is 1.89. The van der Waals surface area contributed by atoms with E-state index in [1.165, 1.54) is 5.56 Å². The van der Waals surface area contributed by atoms with Crippen LogP contribution in [-0.2, 0) is 0 Å². The first kappa shape index (κ1) is 15.8. The van der Waals surface area contributed by atoms with E-state index >= 15 is 0 Å². The average molecular weight is 317 g/mol. The fourth-order valence-electron chi connectivity index (χ4n) is 2.44. The summed E-state index contributed by atoms with van der Waals surface area (Å²) in [6.07, 6.45) is 1.68. The molecule has 0 atom stereocenters. The molecule has 0 aliphatic rings. The lowest BCUT2D eigenvalue weighted by molar-refractivity contribution is 0.415. The second kappa shape index (κ2) is 7.01. The molecule has 0 bridgehead atoms. The minimum atomic E-state index is 0.235. The normalized spacial score (nSPS) is 10.9. The third-order valence-corrected chi connectivity index (χ3v) is 3.85. The maximum Gasteiger partial charge on any atom is 0.132 e. The maximum absolute atomic E-state index is 10.6. The van der Waals surface area contributed by atoms with Gasteiger partial charge in [0.2, 0.25) is 0 Å². The number of phenolic OH excluding ortho intramolecular Hbond substituents is 1. The Morgan fingerprint density at radius 2 is 1.62 bits per heavy atom. The predicted octanol–water partition coefficient (Wildman–Crippen LogP) is 5.13. The number of aliphatic imine (C=N–C) groups is 1. The van der Waals surface area contributed by atoms with Crippen molar-refractivity contribution in [1.82, 2.24) is 0 Å². The highest BCUT2D eigenvalue weighted by Gasteiger charge is 2.07. The smallest absolute Gasteiger partial charge is 0.132 e. The maximum atomic E-state index is 10.6. The minimum absolute atomic E-state index is 0.235. The third-order valence-electron chi connectivity index (χ3n) is 3.85. The Labute approximate surface area is 141 Å². The van der Waals surface area contributed by atoms with Crippen molar-refractivity contribution < 1.29 is 9.84 Å². The highest BCUT2D eigenvalue weighted by atomic mass is 16.5. The lowest BCUT2D eigenvalue weighted by atomic mass is 10.0. The fraction of sp³-hybridized carbons (Fsp3) is 0.0952. The van der Waals surface area contributed by atoms with Gasteiger partial charge < -0.3 is 9.84 Å². The first-order valence-electron chi connectivity index (χ1n) is 7.74. The Hall–Kier alpha value is -3.07. The molecule has 0 fully saturated rings. The van der Waals surface area contributed by atoms with Crippen molar-refractivity contribution in [1.29, 1.82) is 0 Å². The van der Waals surface area contributed by atoms with E-state index in [4.69, 9.17) is 4.74 Å². The molecule has 0 amide bonds. The number of rotatable bonds is 4. The van der Waals surface area contributed by atoms with Crippen LogP contribution in [-0.4, -0.2) is 18.4 Å². The second-order valence-electron chi connectivity index (χ2n) is 5.57. The number of hydrogen-bond acceptors (Lipinski definition) is 3. The van der Waals surface area contributed by atoms with Crippen LogP contribution in [0.1, 0.15) is 11.1 Å². The molecule has 0 saturated heterocycles. The monoisotopic (exact) mass is 317 g/mol. The number of nitrogens with zero attached hydrogens (tertiary/aromatic N) is 1. The number of aromatic hydroxyl groups is 1. The third kappa shape index (κ3) is 3.46. The van der Waals surface area contributed by atoms with E-state index in [2.05, 4.69) is 4.99 Å². The van der Waals surface area contributed by atoms with E-state index in [1.807, 2.05) is 73.7 Å². The first-order valence-corrected chi connectivity index (χ1v) is 7.74. The molecule has 3 rings (SSSR count). The number of aryl methyl sites for hydroxylation is 1. The first-order chi connectivity index (χ1) is 11.7. The number of benzene rings is 3. The minimum Gasteiger partial charge on any atom is -0.507 e. The van der Waals surface area contributed by atoms with Crippen LogP contribution < -0.4 is 4.74 Å². The van der Waals surface area contributed by atoms with Crippen molar-refractivity contribution in [3.63, 3.8) is 0 Å². The van der Waals surface area contributed by atoms with Crippen LogP contribution in [0.5, 0.6) is 11.5 Å². The van der Waals surface area contributed by atoms with Gasteiger partial charge in [-0.15, -0.1) is 0 Å². The van der Waals surface area contributed by atoms with Crippen molar-refractivity contribution in [3.05, 3.63) is 77.9 Å². The Morgan fingerprint density at radius 3 is 2.29 bits per heavy atom. The lowest BCUT2D eigenvalue weighted by Crippen LogP contribution is -1.87. The molecule has 3 aromatic carbocycles. The zero-order chi connectivity index (χ0) is 16.9. The van der Waals surface area contributed by atoms with Gasteiger partial charge in [0.1, 0.15) is 11.5 Å². The van der Waals surface area contributed by atoms with E-state index in [1.54, 1.807) is 13.3 Å². The molecule has 0 aromatic heterocycles. The summed E-state index contributed by atoms with van der Waals surface area (Å²) in [5, 5.41) is 10.6. The van der Waals surface area contributed by atoms with Gasteiger partial charge in [0.05, 0.1) is 12.8 Å². The number of hydrogen-bond donors (Lipinski definition) is 1. The zero-order valence-corrected chi connectivity index (χ0v) is 13.7. The van der Waals surface area contributed by atoms with Crippen molar-refractivity contribution in [2.75, 3.05) is 7.11 Å². The van der Waals surface area contributed by atoms with Gasteiger partial charge in [-0.2, -0.15) is 0 Å². The molecule has 3 heteroatoms. The van der Waals surface area contributed by atoms with E-state index in [0.29, 0.717) is 5.56 Å². The predicted molar refractivity (Wildman–Crippen MR) is 98.5 cm³/mol. The highest BCUT2D eigenvalue weighted by Crippen LogP contribution is 2.31. The van der Waals surface area contributed by atoms with Crippen LogP contribution in [0.3, 0.4) is 0 Å². The van der Waals surface area contributed by atoms with Crippen molar-refractivity contribution in [2.45, 2.75) is 6.92 Å². The molecule has 3 aromatic rings. The zero-order valence-electron chi connectivity index (χ0n) is 13.7. The summed E-state index contributed by atoms with van der Waals surface area (Å²) in [6.45, 7) is 2.04. The molecule has 1 N–H and O–H groups in total. The summed E-state index contributed by atoms with van der Waals surface area (Å²) in [5.74, 6) is 1.02. The molecule has 0 radical (unpaired) electrons. The fourth-order valence-corrected chi connectivity index (χ4v) is 2.44. The molecule has 0 aliphatic heterocycles. The van der Waals surface area contributed by atoms with Gasteiger partial charge >= 0.3 is 0 Å². The van der Waals surface area contributed by atoms with Gasteiger partial charge in [-0.05, 0) is 42.8 Å². The topological polar surface area (TPSA) is 41.8 Å². The van der Waals surface area contributed by atoms with Gasteiger partial charge in [0, 0.05) is 17.3 Å². The molecule has 120 valence electrons. The van der Waals surface area contributed by atoms with Crippen LogP contribution in [0.4, 0.5) is 5.69 Å². The molecule has 3 nitrogen and oxygen atoms in total. The second-order valence-corrected chi connectivity index (χ2v) is 5.57. The van der Waals surface area contributed by atoms with Crippen LogP contribution in [0, 0.1) is 6.92 Å². The van der Waals surface area contributed by atoms with Gasteiger partial charge in [-0.1, -0.05) is 42.0 Å². The Kier molecular flexibility index (Phi) is 4.62. The number of para-hydroxylation sites is 1. The summed E-state index contributed by atoms with van der Waals surface area (Å²) >= 11 is 0. The molecule has 0 unspecified atom stereocenters. The highest BCUT2D eigenvalue weighted by molar-refractivity contribution is 5.89. The van der Waals surface area contributed by atoms with Crippen LogP contribution >= 0.6 is 0 Å². The van der Waals surface area contributed by atoms with E-state index in [0.717, 1.165) is 22.6 Å². The van der Waals surface area contributed by atoms with Crippen LogP contribution in [0.25, 0.3) is 11.1 Å². The SMILES string of the molecule is COc1ccc(N=Cc2cccc(-c3ccc(C)cc3)c2O)cc1. The van der Waals surface area contributed by atoms with E-state index < -0.39 is 0 Å². The number of methoxy groups -OCH3 is 1. The van der Waals surface area contributed by atoms with Gasteiger partial charge in [0.15, 0.2) is 0 Å². The molecular weight excluding hydrogens is 298 g/mol. The van der Waals surface area contributed by atoms with Crippen LogP contribution in [0.2, 0.25) is 0 Å². The number of phenols is 1. The van der Waals surface area contributed by atoms with Crippen molar-refractivity contribution in [2.24, 2.45) is 4.99 Å². The summed E-state index contributed by atoms with van der Waals surface area (Å²) in [4.78, 5) is 4.42. The molecule has 0 spiro atoms. The van der Waals surface area contributed by atoms with Crippen LogP contribution in [0.15, 0.2) is 71.7 Å². The molecule has 0 saturated carbocycles. The number of ether oxygens (including phenoxy) is 1. The van der Waals surface area contributed by atoms with Crippen molar-refractivity contribution in [3.8, 4) is 22.6 Å². The van der Waals surface area contributed by atoms with E-state index in [-0.39, 0.29) is 5.75 Å². The van der Waals surface area contributed by atoms with E-state index in [9.17, 15) is 5.11 Å². The molecule has 24 heavy (non-hydrogen) atoms. The van der Waals surface area contributed by atoms with Crippen molar-refractivity contribution >= 4 is 11.9 Å². The Bertz CT molecular complexity index is 850. The standard InChI is InChI=1S/C21H19NO2/c1-15-6-8-16(9-7-15)20-5-3-4-17(21(20)23)14-22-18-10-12-19(24-2)13-11-18/h3-14,23H,1-2H3. The molecular formula is C21H19NO2. The van der Waals surface area contributed by atoms with Gasteiger partial charge in [-0.25, -0.2) is 0 Å². The van der Waals surface area contributed by atoms with Gasteiger partial charge in [0.25, 0.3) is 0 Å². The van der Waals surface area contributed by atoms with Gasteiger partial charge in [-0.3, -0.25) is 4.99 Å². The summed E-state index contributed by atoms with van der Waals surface area (Å²) < 4.78 is 5.13. The quantitative estimate of drug-likeness (QED) is 0.678.